The third kappa shape index (κ3) is 2.84. The number of piperazine rings is 2. The molecule has 26 heavy (non-hydrogen) atoms. The second-order valence-electron chi connectivity index (χ2n) is 6.85. The van der Waals surface area contributed by atoms with E-state index in [1.807, 2.05) is 0 Å². The summed E-state index contributed by atoms with van der Waals surface area (Å²) in [6, 6.07) is 3.31. The first-order valence-electron chi connectivity index (χ1n) is 8.39. The van der Waals surface area contributed by atoms with Crippen molar-refractivity contribution in [1.29, 1.82) is 0 Å². The Bertz CT molecular complexity index is 782. The van der Waals surface area contributed by atoms with E-state index in [1.54, 1.807) is 11.0 Å². The molecule has 1 N–H and O–H groups in total. The number of nitrogens with zero attached hydrogens (tertiary/aromatic N) is 3. The molecule has 0 aromatic heterocycles. The van der Waals surface area contributed by atoms with Crippen molar-refractivity contribution in [3.8, 4) is 0 Å². The van der Waals surface area contributed by atoms with Crippen LogP contribution in [0.15, 0.2) is 18.2 Å². The van der Waals surface area contributed by atoms with E-state index in [0.717, 1.165) is 0 Å². The highest BCUT2D eigenvalue weighted by Crippen LogP contribution is 2.30. The van der Waals surface area contributed by atoms with Crippen molar-refractivity contribution in [2.45, 2.75) is 24.6 Å². The number of aliphatic hydroxyl groups excluding tert-OH is 1. The monoisotopic (exact) mass is 397 g/mol. The van der Waals surface area contributed by atoms with Crippen LogP contribution in [0.2, 0.25) is 10.0 Å². The van der Waals surface area contributed by atoms with Crippen LogP contribution in [0.5, 0.6) is 0 Å². The topological polar surface area (TPSA) is 81.2 Å². The third-order valence-corrected chi connectivity index (χ3v) is 5.63. The second kappa shape index (κ2) is 6.40. The highest BCUT2D eigenvalue weighted by Gasteiger charge is 2.51. The smallest absolute Gasteiger partial charge is 0.254 e. The maximum atomic E-state index is 12.8. The van der Waals surface area contributed by atoms with E-state index in [2.05, 4.69) is 0 Å². The van der Waals surface area contributed by atoms with Crippen LogP contribution in [0, 0.1) is 0 Å². The Morgan fingerprint density at radius 2 is 1.62 bits per heavy atom. The number of benzene rings is 1. The maximum Gasteiger partial charge on any atom is 0.254 e. The van der Waals surface area contributed by atoms with Crippen LogP contribution in [0.25, 0.3) is 0 Å². The molecular weight excluding hydrogens is 381 g/mol. The van der Waals surface area contributed by atoms with Crippen LogP contribution in [0.1, 0.15) is 16.8 Å². The number of carbonyl (C=O) groups is 3. The Morgan fingerprint density at radius 3 is 2.31 bits per heavy atom. The molecule has 0 aliphatic carbocycles. The zero-order chi connectivity index (χ0) is 18.6. The Hall–Kier alpha value is -1.83. The standard InChI is InChI=1S/C17H17Cl2N3O4/c18-10-3-9(4-11(19)5-10)15(24)20-1-2-21-14(8-20)17(26)22-7-12(23)6-13(22)16(21)25/h3-5,12-14,23H,1-2,6-8H2/t12-,13+,14-/m1/s1. The van der Waals surface area contributed by atoms with Gasteiger partial charge < -0.3 is 19.8 Å². The fraction of sp³-hybridized carbons (Fsp3) is 0.471. The number of aliphatic hydroxyl groups is 1. The van der Waals surface area contributed by atoms with E-state index in [1.165, 1.54) is 21.9 Å². The van der Waals surface area contributed by atoms with Crippen LogP contribution < -0.4 is 0 Å². The Kier molecular flexibility index (Phi) is 4.33. The lowest BCUT2D eigenvalue weighted by Crippen LogP contribution is -2.69. The summed E-state index contributed by atoms with van der Waals surface area (Å²) in [5.74, 6) is -0.644. The minimum absolute atomic E-state index is 0.118. The largest absolute Gasteiger partial charge is 0.391 e. The molecule has 0 bridgehead atoms. The Labute approximate surface area is 160 Å². The van der Waals surface area contributed by atoms with Gasteiger partial charge in [0.05, 0.1) is 12.6 Å². The van der Waals surface area contributed by atoms with Gasteiger partial charge in [0.15, 0.2) is 0 Å². The van der Waals surface area contributed by atoms with Gasteiger partial charge in [-0.1, -0.05) is 23.2 Å². The summed E-state index contributed by atoms with van der Waals surface area (Å²) in [6.07, 6.45) is -0.405. The zero-order valence-electron chi connectivity index (χ0n) is 13.8. The average molecular weight is 398 g/mol. The van der Waals surface area contributed by atoms with E-state index in [4.69, 9.17) is 23.2 Å². The molecule has 0 saturated carbocycles. The van der Waals surface area contributed by atoms with Crippen molar-refractivity contribution >= 4 is 40.9 Å². The fourth-order valence-corrected chi connectivity index (χ4v) is 4.50. The lowest BCUT2D eigenvalue weighted by atomic mass is 10.0. The van der Waals surface area contributed by atoms with Crippen molar-refractivity contribution in [3.63, 3.8) is 0 Å². The predicted octanol–water partition coefficient (Wildman–Crippen LogP) is 0.622. The number of hydrogen-bond donors (Lipinski definition) is 1. The van der Waals surface area contributed by atoms with Crippen LogP contribution in [0.3, 0.4) is 0 Å². The highest BCUT2D eigenvalue weighted by molar-refractivity contribution is 6.35. The van der Waals surface area contributed by atoms with Gasteiger partial charge in [-0.25, -0.2) is 0 Å². The molecule has 3 saturated heterocycles. The number of amides is 3. The van der Waals surface area contributed by atoms with Crippen LogP contribution >= 0.6 is 23.2 Å². The quantitative estimate of drug-likeness (QED) is 0.752. The van der Waals surface area contributed by atoms with E-state index in [9.17, 15) is 19.5 Å². The molecule has 3 amide bonds. The first kappa shape index (κ1) is 17.6. The van der Waals surface area contributed by atoms with Crippen molar-refractivity contribution < 1.29 is 19.5 Å². The van der Waals surface area contributed by atoms with Gasteiger partial charge in [0, 0.05) is 41.7 Å². The molecule has 3 atom stereocenters. The number of rotatable bonds is 1. The van der Waals surface area contributed by atoms with Gasteiger partial charge in [-0.05, 0) is 18.2 Å². The van der Waals surface area contributed by atoms with Gasteiger partial charge in [-0.2, -0.15) is 0 Å². The molecule has 3 fully saturated rings. The first-order valence-corrected chi connectivity index (χ1v) is 9.15. The van der Waals surface area contributed by atoms with E-state index < -0.39 is 18.2 Å². The van der Waals surface area contributed by atoms with Crippen LogP contribution in [-0.2, 0) is 9.59 Å². The van der Waals surface area contributed by atoms with E-state index in [0.29, 0.717) is 22.2 Å². The average Bonchev–Trinajstić information content (AvgIpc) is 3.00. The van der Waals surface area contributed by atoms with Crippen molar-refractivity contribution in [3.05, 3.63) is 33.8 Å². The molecule has 0 radical (unpaired) electrons. The summed E-state index contributed by atoms with van der Waals surface area (Å²) < 4.78 is 0. The molecular formula is C17H17Cl2N3O4. The first-order chi connectivity index (χ1) is 12.3. The normalized spacial score (nSPS) is 28.3. The van der Waals surface area contributed by atoms with Gasteiger partial charge in [-0.15, -0.1) is 0 Å². The fourth-order valence-electron chi connectivity index (χ4n) is 3.98. The lowest BCUT2D eigenvalue weighted by molar-refractivity contribution is -0.162. The summed E-state index contributed by atoms with van der Waals surface area (Å²) in [7, 11) is 0. The zero-order valence-corrected chi connectivity index (χ0v) is 15.3. The van der Waals surface area contributed by atoms with Crippen molar-refractivity contribution in [1.82, 2.24) is 14.7 Å². The summed E-state index contributed by atoms with van der Waals surface area (Å²) in [5.41, 5.74) is 0.347. The van der Waals surface area contributed by atoms with E-state index >= 15 is 0 Å². The van der Waals surface area contributed by atoms with Gasteiger partial charge in [0.25, 0.3) is 5.91 Å². The molecule has 1 aromatic carbocycles. The van der Waals surface area contributed by atoms with Crippen LogP contribution in [0.4, 0.5) is 0 Å². The molecule has 3 aliphatic heterocycles. The highest BCUT2D eigenvalue weighted by atomic mass is 35.5. The molecule has 4 rings (SSSR count). The molecule has 9 heteroatoms. The SMILES string of the molecule is O=C(c1cc(Cl)cc(Cl)c1)N1CCN2C(=O)[C@@H]3C[C@@H](O)CN3C(=O)[C@H]2C1. The van der Waals surface area contributed by atoms with Crippen molar-refractivity contribution in [2.75, 3.05) is 26.2 Å². The molecule has 3 aliphatic rings. The van der Waals surface area contributed by atoms with Crippen molar-refractivity contribution in [2.24, 2.45) is 0 Å². The summed E-state index contributed by atoms with van der Waals surface area (Å²) in [4.78, 5) is 42.7. The van der Waals surface area contributed by atoms with Crippen LogP contribution in [-0.4, -0.2) is 81.9 Å². The third-order valence-electron chi connectivity index (χ3n) is 5.19. The predicted molar refractivity (Wildman–Crippen MR) is 94.0 cm³/mol. The molecule has 0 spiro atoms. The minimum Gasteiger partial charge on any atom is -0.391 e. The Morgan fingerprint density at radius 1 is 0.962 bits per heavy atom. The molecule has 1 aromatic rings. The van der Waals surface area contributed by atoms with Gasteiger partial charge in [0.1, 0.15) is 12.1 Å². The molecule has 3 heterocycles. The lowest BCUT2D eigenvalue weighted by Gasteiger charge is -2.47. The Balaban J connectivity index is 1.56. The molecule has 0 unspecified atom stereocenters. The number of hydrogen-bond acceptors (Lipinski definition) is 4. The number of halogens is 2. The van der Waals surface area contributed by atoms with Gasteiger partial charge in [-0.3, -0.25) is 14.4 Å². The number of fused-ring (bicyclic) bond motifs is 2. The van der Waals surface area contributed by atoms with Gasteiger partial charge >= 0.3 is 0 Å². The second-order valence-corrected chi connectivity index (χ2v) is 7.73. The number of carbonyl (C=O) groups excluding carboxylic acids is 3. The maximum absolute atomic E-state index is 12.8. The molecule has 138 valence electrons. The summed E-state index contributed by atoms with van der Waals surface area (Å²) in [5, 5.41) is 10.5. The summed E-state index contributed by atoms with van der Waals surface area (Å²) >= 11 is 11.9. The minimum atomic E-state index is -0.712. The summed E-state index contributed by atoms with van der Waals surface area (Å²) in [6.45, 7) is 0.897. The molecule has 7 nitrogen and oxygen atoms in total. The van der Waals surface area contributed by atoms with Gasteiger partial charge in [0.2, 0.25) is 11.8 Å². The van der Waals surface area contributed by atoms with E-state index in [-0.39, 0.29) is 43.8 Å².